The van der Waals surface area contributed by atoms with Gasteiger partial charge in [-0.25, -0.2) is 0 Å². The van der Waals surface area contributed by atoms with Crippen LogP contribution in [0, 0.1) is 18.3 Å². The van der Waals surface area contributed by atoms with Crippen LogP contribution in [0.1, 0.15) is 41.2 Å². The fourth-order valence-electron chi connectivity index (χ4n) is 5.58. The molecule has 1 amide bonds. The standard InChI is InChI=1S/C33H35N5O2S2/c1-3-15-37-30(36-19-17-35(18-20-36)23-26-12-8-5-9-13-26)27(24(2)28(22-34)31(37)39)21-29-32(40)38(33(41)42-29)16-14-25-10-6-4-7-11-25/h4-13,21H,3,14-20,23H2,1-2H3/b29-21+. The fraction of sp³-hybridized carbons (Fsp3) is 0.333. The smallest absolute Gasteiger partial charge is 0.270 e. The highest BCUT2D eigenvalue weighted by molar-refractivity contribution is 8.26. The first-order chi connectivity index (χ1) is 20.4. The molecule has 5 rings (SSSR count). The SMILES string of the molecule is CCCn1c(N2CCN(Cc3ccccc3)CC2)c(/C=C2/SC(=S)N(CCc3ccccc3)C2=O)c(C)c(C#N)c1=O. The van der Waals surface area contributed by atoms with Crippen molar-refractivity contribution in [1.29, 1.82) is 5.26 Å². The van der Waals surface area contributed by atoms with Crippen molar-refractivity contribution in [3.05, 3.63) is 104 Å². The molecular weight excluding hydrogens is 563 g/mol. The van der Waals surface area contributed by atoms with E-state index in [0.717, 1.165) is 56.1 Å². The highest BCUT2D eigenvalue weighted by atomic mass is 32.2. The number of piperazine rings is 1. The molecule has 2 aliphatic rings. The summed E-state index contributed by atoms with van der Waals surface area (Å²) in [7, 11) is 0. The molecule has 2 fully saturated rings. The zero-order valence-electron chi connectivity index (χ0n) is 24.1. The molecular formula is C33H35N5O2S2. The molecule has 0 atom stereocenters. The Kier molecular flexibility index (Phi) is 9.58. The van der Waals surface area contributed by atoms with E-state index < -0.39 is 0 Å². The van der Waals surface area contributed by atoms with Gasteiger partial charge in [0.05, 0.1) is 4.91 Å². The number of amides is 1. The summed E-state index contributed by atoms with van der Waals surface area (Å²) in [5.74, 6) is 0.651. The van der Waals surface area contributed by atoms with E-state index in [1.807, 2.05) is 56.3 Å². The van der Waals surface area contributed by atoms with Gasteiger partial charge in [0, 0.05) is 51.4 Å². The molecule has 0 radical (unpaired) electrons. The second-order valence-electron chi connectivity index (χ2n) is 10.6. The molecule has 3 aromatic rings. The Hall–Kier alpha value is -3.71. The summed E-state index contributed by atoms with van der Waals surface area (Å²) in [4.78, 5) is 34.0. The van der Waals surface area contributed by atoms with Crippen molar-refractivity contribution in [1.82, 2.24) is 14.4 Å². The highest BCUT2D eigenvalue weighted by Crippen LogP contribution is 2.36. The average molecular weight is 598 g/mol. The van der Waals surface area contributed by atoms with E-state index in [1.54, 1.807) is 9.47 Å². The Morgan fingerprint density at radius 1 is 0.952 bits per heavy atom. The van der Waals surface area contributed by atoms with Gasteiger partial charge in [-0.1, -0.05) is 91.6 Å². The Labute approximate surface area is 257 Å². The van der Waals surface area contributed by atoms with E-state index >= 15 is 0 Å². The predicted octanol–water partition coefficient (Wildman–Crippen LogP) is 5.20. The molecule has 2 aliphatic heterocycles. The lowest BCUT2D eigenvalue weighted by atomic mass is 10.0. The van der Waals surface area contributed by atoms with Crippen molar-refractivity contribution >= 4 is 46.1 Å². The van der Waals surface area contributed by atoms with Gasteiger partial charge in [-0.15, -0.1) is 0 Å². The minimum atomic E-state index is -0.272. The molecule has 7 nitrogen and oxygen atoms in total. The molecule has 42 heavy (non-hydrogen) atoms. The maximum Gasteiger partial charge on any atom is 0.270 e. The second-order valence-corrected chi connectivity index (χ2v) is 12.3. The van der Waals surface area contributed by atoms with Crippen molar-refractivity contribution in [3.8, 4) is 6.07 Å². The van der Waals surface area contributed by atoms with Crippen LogP contribution in [0.15, 0.2) is 70.4 Å². The maximum absolute atomic E-state index is 13.6. The predicted molar refractivity (Wildman–Crippen MR) is 174 cm³/mol. The van der Waals surface area contributed by atoms with Crippen LogP contribution in [0.25, 0.3) is 6.08 Å². The summed E-state index contributed by atoms with van der Waals surface area (Å²) in [6.45, 7) is 8.86. The Morgan fingerprint density at radius 3 is 2.21 bits per heavy atom. The normalized spacial score (nSPS) is 16.8. The zero-order valence-corrected chi connectivity index (χ0v) is 25.7. The average Bonchev–Trinajstić information content (AvgIpc) is 3.27. The third kappa shape index (κ3) is 6.36. The number of aromatic nitrogens is 1. The van der Waals surface area contributed by atoms with Crippen molar-refractivity contribution in [2.75, 3.05) is 37.6 Å². The van der Waals surface area contributed by atoms with Crippen molar-refractivity contribution in [2.45, 2.75) is 39.8 Å². The first-order valence-electron chi connectivity index (χ1n) is 14.4. The van der Waals surface area contributed by atoms with Crippen molar-refractivity contribution in [3.63, 3.8) is 0 Å². The number of thioether (sulfide) groups is 1. The number of pyridine rings is 1. The first-order valence-corrected chi connectivity index (χ1v) is 15.6. The summed E-state index contributed by atoms with van der Waals surface area (Å²) in [6.07, 6.45) is 3.31. The van der Waals surface area contributed by atoms with Gasteiger partial charge in [-0.3, -0.25) is 24.0 Å². The number of nitriles is 1. The van der Waals surface area contributed by atoms with Crippen LogP contribution in [-0.2, 0) is 24.3 Å². The van der Waals surface area contributed by atoms with Gasteiger partial charge < -0.3 is 4.90 Å². The van der Waals surface area contributed by atoms with Gasteiger partial charge in [-0.05, 0) is 42.5 Å². The van der Waals surface area contributed by atoms with Gasteiger partial charge in [0.15, 0.2) is 0 Å². The minimum Gasteiger partial charge on any atom is -0.355 e. The quantitative estimate of drug-likeness (QED) is 0.248. The number of carbonyl (C=O) groups excluding carboxylic acids is 1. The maximum atomic E-state index is 13.6. The van der Waals surface area contributed by atoms with E-state index in [1.165, 1.54) is 17.3 Å². The monoisotopic (exact) mass is 597 g/mol. The third-order valence-electron chi connectivity index (χ3n) is 7.83. The Balaban J connectivity index is 1.46. The zero-order chi connectivity index (χ0) is 29.6. The summed E-state index contributed by atoms with van der Waals surface area (Å²) < 4.78 is 2.26. The molecule has 3 heterocycles. The van der Waals surface area contributed by atoms with Gasteiger partial charge in [0.25, 0.3) is 11.5 Å². The first kappa shape index (κ1) is 29.8. The van der Waals surface area contributed by atoms with Crippen LogP contribution in [0.2, 0.25) is 0 Å². The topological polar surface area (TPSA) is 72.6 Å². The lowest BCUT2D eigenvalue weighted by Gasteiger charge is -2.38. The molecule has 1 aromatic heterocycles. The van der Waals surface area contributed by atoms with Crippen LogP contribution in [0.5, 0.6) is 0 Å². The van der Waals surface area contributed by atoms with E-state index in [-0.39, 0.29) is 17.0 Å². The van der Waals surface area contributed by atoms with Crippen LogP contribution < -0.4 is 10.5 Å². The summed E-state index contributed by atoms with van der Waals surface area (Å²) in [5.41, 5.74) is 3.63. The molecule has 9 heteroatoms. The van der Waals surface area contributed by atoms with Crippen LogP contribution in [0.4, 0.5) is 5.82 Å². The van der Waals surface area contributed by atoms with Crippen LogP contribution >= 0.6 is 24.0 Å². The largest absolute Gasteiger partial charge is 0.355 e. The van der Waals surface area contributed by atoms with Crippen LogP contribution in [0.3, 0.4) is 0 Å². The van der Waals surface area contributed by atoms with Gasteiger partial charge >= 0.3 is 0 Å². The number of nitrogens with zero attached hydrogens (tertiary/aromatic N) is 5. The summed E-state index contributed by atoms with van der Waals surface area (Å²) in [6, 6.07) is 22.6. The van der Waals surface area contributed by atoms with E-state index in [9.17, 15) is 14.9 Å². The molecule has 0 aliphatic carbocycles. The summed E-state index contributed by atoms with van der Waals surface area (Å²) in [5, 5.41) is 9.96. The molecule has 0 bridgehead atoms. The molecule has 0 saturated carbocycles. The van der Waals surface area contributed by atoms with Gasteiger partial charge in [0.2, 0.25) is 0 Å². The second kappa shape index (κ2) is 13.5. The van der Waals surface area contributed by atoms with E-state index in [0.29, 0.717) is 34.3 Å². The number of anilines is 1. The van der Waals surface area contributed by atoms with Crippen LogP contribution in [-0.4, -0.2) is 57.3 Å². The van der Waals surface area contributed by atoms with Crippen molar-refractivity contribution in [2.24, 2.45) is 0 Å². The molecule has 216 valence electrons. The number of carbonyl (C=O) groups is 1. The molecule has 0 unspecified atom stereocenters. The minimum absolute atomic E-state index is 0.126. The van der Waals surface area contributed by atoms with E-state index in [2.05, 4.69) is 40.1 Å². The summed E-state index contributed by atoms with van der Waals surface area (Å²) >= 11 is 6.91. The number of hydrogen-bond acceptors (Lipinski definition) is 7. The molecule has 0 N–H and O–H groups in total. The lowest BCUT2D eigenvalue weighted by Crippen LogP contribution is -2.48. The molecule has 2 saturated heterocycles. The third-order valence-corrected chi connectivity index (χ3v) is 9.21. The molecule has 0 spiro atoms. The van der Waals surface area contributed by atoms with Gasteiger partial charge in [0.1, 0.15) is 21.8 Å². The van der Waals surface area contributed by atoms with Gasteiger partial charge in [-0.2, -0.15) is 5.26 Å². The number of hydrogen-bond donors (Lipinski definition) is 0. The Morgan fingerprint density at radius 2 is 1.60 bits per heavy atom. The Bertz CT molecular complexity index is 1590. The molecule has 2 aromatic carbocycles. The highest BCUT2D eigenvalue weighted by Gasteiger charge is 2.33. The number of benzene rings is 2. The fourth-order valence-corrected chi connectivity index (χ4v) is 6.88. The lowest BCUT2D eigenvalue weighted by molar-refractivity contribution is -0.122. The number of rotatable bonds is 9. The number of thiocarbonyl (C=S) groups is 1. The van der Waals surface area contributed by atoms with Crippen molar-refractivity contribution < 1.29 is 4.79 Å². The van der Waals surface area contributed by atoms with E-state index in [4.69, 9.17) is 12.2 Å².